The second-order valence-electron chi connectivity index (χ2n) is 6.70. The summed E-state index contributed by atoms with van der Waals surface area (Å²) in [5, 5.41) is 5.82. The number of carbonyl (C=O) groups excluding carboxylic acids is 3. The molecule has 1 heterocycles. The van der Waals surface area contributed by atoms with E-state index in [9.17, 15) is 14.4 Å². The van der Waals surface area contributed by atoms with Crippen LogP contribution >= 0.6 is 0 Å². The molecule has 1 aromatic heterocycles. The summed E-state index contributed by atoms with van der Waals surface area (Å²) in [6.45, 7) is 0.375. The molecule has 0 radical (unpaired) electrons. The number of aldehydes is 2. The molecule has 3 aromatic rings. The monoisotopic (exact) mass is 465 g/mol. The SMILES string of the molecule is CNc1cnccc1C(=O)NCc1ccc(OC)cc1OC.O=CCOc1cccc(C=O)c1. The van der Waals surface area contributed by atoms with E-state index in [2.05, 4.69) is 15.6 Å². The molecular weight excluding hydrogens is 438 g/mol. The summed E-state index contributed by atoms with van der Waals surface area (Å²) in [4.78, 5) is 36.5. The van der Waals surface area contributed by atoms with Crippen LogP contribution in [0.2, 0.25) is 0 Å². The van der Waals surface area contributed by atoms with Crippen LogP contribution in [-0.2, 0) is 11.3 Å². The van der Waals surface area contributed by atoms with Crippen LogP contribution in [0.5, 0.6) is 17.2 Å². The minimum Gasteiger partial charge on any atom is -0.497 e. The van der Waals surface area contributed by atoms with Crippen molar-refractivity contribution in [3.63, 3.8) is 0 Å². The molecule has 3 rings (SSSR count). The largest absolute Gasteiger partial charge is 0.497 e. The molecule has 1 amide bonds. The van der Waals surface area contributed by atoms with E-state index in [0.29, 0.717) is 46.9 Å². The average Bonchev–Trinajstić information content (AvgIpc) is 2.90. The van der Waals surface area contributed by atoms with Crippen molar-refractivity contribution in [2.75, 3.05) is 33.2 Å². The molecule has 34 heavy (non-hydrogen) atoms. The smallest absolute Gasteiger partial charge is 0.253 e. The summed E-state index contributed by atoms with van der Waals surface area (Å²) < 4.78 is 15.4. The number of aromatic nitrogens is 1. The molecule has 0 spiro atoms. The van der Waals surface area contributed by atoms with E-state index in [-0.39, 0.29) is 12.5 Å². The van der Waals surface area contributed by atoms with Gasteiger partial charge >= 0.3 is 0 Å². The first-order valence-electron chi connectivity index (χ1n) is 10.3. The van der Waals surface area contributed by atoms with Crippen molar-refractivity contribution in [3.8, 4) is 17.2 Å². The van der Waals surface area contributed by atoms with E-state index in [0.717, 1.165) is 11.8 Å². The topological polar surface area (TPSA) is 116 Å². The predicted molar refractivity (Wildman–Crippen MR) is 128 cm³/mol. The van der Waals surface area contributed by atoms with E-state index in [1.807, 2.05) is 12.1 Å². The van der Waals surface area contributed by atoms with Gasteiger partial charge in [0, 0.05) is 37.0 Å². The lowest BCUT2D eigenvalue weighted by atomic mass is 10.1. The number of hydrogen-bond acceptors (Lipinski definition) is 8. The molecule has 2 N–H and O–H groups in total. The van der Waals surface area contributed by atoms with Gasteiger partial charge in [0.25, 0.3) is 5.91 Å². The minimum atomic E-state index is -0.176. The van der Waals surface area contributed by atoms with Crippen molar-refractivity contribution in [3.05, 3.63) is 77.6 Å². The zero-order valence-electron chi connectivity index (χ0n) is 19.2. The van der Waals surface area contributed by atoms with Crippen LogP contribution in [0.1, 0.15) is 26.3 Å². The van der Waals surface area contributed by atoms with Crippen molar-refractivity contribution >= 4 is 24.2 Å². The number of hydrogen-bond donors (Lipinski definition) is 2. The normalized spacial score (nSPS) is 9.62. The van der Waals surface area contributed by atoms with Crippen LogP contribution in [0.3, 0.4) is 0 Å². The number of pyridine rings is 1. The molecule has 9 heteroatoms. The Kier molecular flexibility index (Phi) is 10.6. The van der Waals surface area contributed by atoms with E-state index >= 15 is 0 Å². The van der Waals surface area contributed by atoms with Crippen LogP contribution < -0.4 is 24.8 Å². The third-order valence-electron chi connectivity index (χ3n) is 4.58. The molecule has 0 saturated heterocycles. The molecule has 0 saturated carbocycles. The van der Waals surface area contributed by atoms with Gasteiger partial charge in [-0.3, -0.25) is 19.4 Å². The summed E-state index contributed by atoms with van der Waals surface area (Å²) in [7, 11) is 4.93. The highest BCUT2D eigenvalue weighted by Gasteiger charge is 2.12. The highest BCUT2D eigenvalue weighted by molar-refractivity contribution is 5.99. The van der Waals surface area contributed by atoms with Crippen LogP contribution in [0.25, 0.3) is 0 Å². The molecule has 0 aliphatic carbocycles. The third kappa shape index (κ3) is 7.63. The molecule has 0 bridgehead atoms. The van der Waals surface area contributed by atoms with Gasteiger partial charge in [-0.25, -0.2) is 0 Å². The molecule has 0 atom stereocenters. The zero-order chi connectivity index (χ0) is 24.8. The van der Waals surface area contributed by atoms with Crippen molar-refractivity contribution in [1.82, 2.24) is 10.3 Å². The molecule has 178 valence electrons. The molecule has 2 aromatic carbocycles. The fourth-order valence-electron chi connectivity index (χ4n) is 2.87. The van der Waals surface area contributed by atoms with Gasteiger partial charge in [0.05, 0.1) is 31.7 Å². The number of nitrogens with one attached hydrogen (secondary N) is 2. The van der Waals surface area contributed by atoms with Crippen LogP contribution in [-0.4, -0.2) is 51.3 Å². The number of amides is 1. The second-order valence-corrected chi connectivity index (χ2v) is 6.70. The Hall–Kier alpha value is -4.40. The summed E-state index contributed by atoms with van der Waals surface area (Å²) >= 11 is 0. The standard InChI is InChI=1S/C16H19N3O3.C9H8O3/c1-17-14-10-18-7-6-13(14)16(20)19-9-11-4-5-12(21-2)8-15(11)22-3;10-4-5-12-9-3-1-2-8(6-9)7-11/h4-8,10,17H,9H2,1-3H3,(H,19,20);1-4,6-7H,5H2. The maximum atomic E-state index is 12.3. The number of ether oxygens (including phenoxy) is 3. The zero-order valence-corrected chi connectivity index (χ0v) is 19.2. The van der Waals surface area contributed by atoms with Gasteiger partial charge in [-0.2, -0.15) is 0 Å². The average molecular weight is 466 g/mol. The van der Waals surface area contributed by atoms with Crippen molar-refractivity contribution in [2.24, 2.45) is 0 Å². The number of methoxy groups -OCH3 is 2. The van der Waals surface area contributed by atoms with Gasteiger partial charge in [0.2, 0.25) is 0 Å². The van der Waals surface area contributed by atoms with Gasteiger partial charge in [-0.15, -0.1) is 0 Å². The Morgan fingerprint density at radius 3 is 2.53 bits per heavy atom. The Balaban J connectivity index is 0.000000287. The van der Waals surface area contributed by atoms with Crippen LogP contribution in [0.4, 0.5) is 5.69 Å². The Morgan fingerprint density at radius 1 is 1.03 bits per heavy atom. The number of nitrogens with zero attached hydrogens (tertiary/aromatic N) is 1. The predicted octanol–water partition coefficient (Wildman–Crippen LogP) is 3.15. The molecule has 0 aliphatic heterocycles. The second kappa shape index (κ2) is 13.9. The first kappa shape index (κ1) is 25.9. The molecule has 9 nitrogen and oxygen atoms in total. The Labute approximate surface area is 198 Å². The molecule has 0 aliphatic rings. The third-order valence-corrected chi connectivity index (χ3v) is 4.58. The van der Waals surface area contributed by atoms with Gasteiger partial charge < -0.3 is 24.8 Å². The van der Waals surface area contributed by atoms with E-state index in [1.165, 1.54) is 0 Å². The van der Waals surface area contributed by atoms with E-state index in [4.69, 9.17) is 14.2 Å². The first-order chi connectivity index (χ1) is 16.6. The van der Waals surface area contributed by atoms with Gasteiger partial charge in [-0.05, 0) is 30.3 Å². The van der Waals surface area contributed by atoms with Gasteiger partial charge in [0.1, 0.15) is 30.1 Å². The number of carbonyl (C=O) groups is 3. The first-order valence-corrected chi connectivity index (χ1v) is 10.3. The lowest BCUT2D eigenvalue weighted by Gasteiger charge is -2.12. The molecular formula is C25H27N3O6. The van der Waals surface area contributed by atoms with Crippen molar-refractivity contribution in [1.29, 1.82) is 0 Å². The van der Waals surface area contributed by atoms with Gasteiger partial charge in [-0.1, -0.05) is 12.1 Å². The fourth-order valence-corrected chi connectivity index (χ4v) is 2.87. The van der Waals surface area contributed by atoms with Gasteiger partial charge in [0.15, 0.2) is 6.29 Å². The maximum absolute atomic E-state index is 12.3. The van der Waals surface area contributed by atoms with Crippen molar-refractivity contribution < 1.29 is 28.6 Å². The van der Waals surface area contributed by atoms with Crippen LogP contribution in [0, 0.1) is 0 Å². The van der Waals surface area contributed by atoms with E-state index < -0.39 is 0 Å². The minimum absolute atomic E-state index is 0.0162. The number of benzene rings is 2. The fraction of sp³-hybridized carbons (Fsp3) is 0.200. The summed E-state index contributed by atoms with van der Waals surface area (Å²) in [5.41, 5.74) is 2.64. The van der Waals surface area contributed by atoms with E-state index in [1.54, 1.807) is 70.1 Å². The summed E-state index contributed by atoms with van der Waals surface area (Å²) in [6.07, 6.45) is 4.59. The highest BCUT2D eigenvalue weighted by atomic mass is 16.5. The summed E-state index contributed by atoms with van der Waals surface area (Å²) in [6, 6.07) is 13.8. The maximum Gasteiger partial charge on any atom is 0.253 e. The lowest BCUT2D eigenvalue weighted by Crippen LogP contribution is -2.24. The Morgan fingerprint density at radius 2 is 1.85 bits per heavy atom. The molecule has 0 unspecified atom stereocenters. The number of anilines is 1. The lowest BCUT2D eigenvalue weighted by molar-refractivity contribution is -0.109. The van der Waals surface area contributed by atoms with Crippen molar-refractivity contribution in [2.45, 2.75) is 6.54 Å². The quantitative estimate of drug-likeness (QED) is 0.439. The number of rotatable bonds is 10. The molecule has 0 fully saturated rings. The Bertz CT molecular complexity index is 1100. The highest BCUT2D eigenvalue weighted by Crippen LogP contribution is 2.24. The van der Waals surface area contributed by atoms with Crippen LogP contribution in [0.15, 0.2) is 60.9 Å². The summed E-state index contributed by atoms with van der Waals surface area (Å²) in [5.74, 6) is 1.73.